The van der Waals surface area contributed by atoms with Crippen molar-refractivity contribution < 1.29 is 14.6 Å². The van der Waals surface area contributed by atoms with Gasteiger partial charge in [0.2, 0.25) is 0 Å². The Bertz CT molecular complexity index is 1020. The molecule has 154 valence electrons. The predicted molar refractivity (Wildman–Crippen MR) is 116 cm³/mol. The molecule has 2 aromatic carbocycles. The maximum absolute atomic E-state index is 12.6. The monoisotopic (exact) mass is 423 g/mol. The van der Waals surface area contributed by atoms with Crippen LogP contribution in [-0.4, -0.2) is 28.3 Å². The fraction of sp³-hybridized carbons (Fsp3) is 0.217. The number of fused-ring (bicyclic) bond motifs is 1. The van der Waals surface area contributed by atoms with Crippen molar-refractivity contribution in [2.45, 2.75) is 25.0 Å². The van der Waals surface area contributed by atoms with Crippen LogP contribution in [0.4, 0.5) is 10.5 Å². The molecule has 0 fully saturated rings. The Balaban J connectivity index is 1.37. The first kappa shape index (κ1) is 20.2. The van der Waals surface area contributed by atoms with Crippen molar-refractivity contribution in [3.63, 3.8) is 0 Å². The van der Waals surface area contributed by atoms with E-state index in [1.54, 1.807) is 24.4 Å². The Morgan fingerprint density at radius 1 is 1.10 bits per heavy atom. The first-order valence-corrected chi connectivity index (χ1v) is 10.0. The number of hydrogen-bond donors (Lipinski definition) is 3. The second-order valence-corrected chi connectivity index (χ2v) is 7.80. The number of benzene rings is 2. The van der Waals surface area contributed by atoms with Crippen LogP contribution in [0.5, 0.6) is 5.75 Å². The van der Waals surface area contributed by atoms with Gasteiger partial charge in [0, 0.05) is 11.9 Å². The summed E-state index contributed by atoms with van der Waals surface area (Å²) in [7, 11) is 0. The van der Waals surface area contributed by atoms with Gasteiger partial charge in [-0.2, -0.15) is 0 Å². The van der Waals surface area contributed by atoms with E-state index < -0.39 is 11.6 Å². The number of nitrogens with one attached hydrogen (secondary N) is 2. The zero-order chi connectivity index (χ0) is 21.0. The van der Waals surface area contributed by atoms with E-state index in [2.05, 4.69) is 15.6 Å². The summed E-state index contributed by atoms with van der Waals surface area (Å²) in [6.07, 6.45) is 2.89. The lowest BCUT2D eigenvalue weighted by Crippen LogP contribution is -2.53. The molecule has 1 aromatic heterocycles. The molecule has 0 spiro atoms. The number of nitrogens with zero attached hydrogens (tertiary/aromatic N) is 1. The molecular formula is C23H22ClN3O3. The molecule has 0 radical (unpaired) electrons. The third kappa shape index (κ3) is 4.56. The maximum atomic E-state index is 12.6. The van der Waals surface area contributed by atoms with Crippen molar-refractivity contribution in [3.05, 3.63) is 88.7 Å². The highest BCUT2D eigenvalue weighted by atomic mass is 35.5. The van der Waals surface area contributed by atoms with Gasteiger partial charge in [-0.15, -0.1) is 0 Å². The molecule has 3 N–H and O–H groups in total. The topological polar surface area (TPSA) is 83.5 Å². The van der Waals surface area contributed by atoms with Gasteiger partial charge in [0.05, 0.1) is 22.9 Å². The fourth-order valence-corrected chi connectivity index (χ4v) is 3.90. The van der Waals surface area contributed by atoms with E-state index in [9.17, 15) is 9.90 Å². The molecule has 0 bridgehead atoms. The minimum Gasteiger partial charge on any atom is -0.486 e. The van der Waals surface area contributed by atoms with Gasteiger partial charge in [0.15, 0.2) is 0 Å². The van der Waals surface area contributed by atoms with Gasteiger partial charge >= 0.3 is 6.03 Å². The molecule has 2 amide bonds. The second kappa shape index (κ2) is 8.73. The average molecular weight is 424 g/mol. The normalized spacial score (nSPS) is 14.1. The van der Waals surface area contributed by atoms with Gasteiger partial charge in [0.25, 0.3) is 0 Å². The van der Waals surface area contributed by atoms with E-state index in [1.807, 2.05) is 42.5 Å². The van der Waals surface area contributed by atoms with Crippen molar-refractivity contribution >= 4 is 23.3 Å². The summed E-state index contributed by atoms with van der Waals surface area (Å²) in [6, 6.07) is 18.2. The number of carbonyl (C=O) groups is 1. The number of hydrogen-bond acceptors (Lipinski definition) is 4. The lowest BCUT2D eigenvalue weighted by atomic mass is 9.97. The van der Waals surface area contributed by atoms with Crippen LogP contribution in [0.2, 0.25) is 5.02 Å². The first-order valence-electron chi connectivity index (χ1n) is 9.66. The molecule has 7 heteroatoms. The van der Waals surface area contributed by atoms with Crippen LogP contribution in [0.15, 0.2) is 66.9 Å². The zero-order valence-corrected chi connectivity index (χ0v) is 17.0. The smallest absolute Gasteiger partial charge is 0.319 e. The number of amides is 2. The van der Waals surface area contributed by atoms with Crippen molar-refractivity contribution in [2.24, 2.45) is 0 Å². The van der Waals surface area contributed by atoms with Crippen LogP contribution >= 0.6 is 11.6 Å². The van der Waals surface area contributed by atoms with Crippen LogP contribution in [0, 0.1) is 0 Å². The van der Waals surface area contributed by atoms with Crippen LogP contribution < -0.4 is 15.4 Å². The molecule has 0 atom stereocenters. The maximum Gasteiger partial charge on any atom is 0.319 e. The molecule has 1 heterocycles. The van der Waals surface area contributed by atoms with Crippen LogP contribution in [0.25, 0.3) is 0 Å². The molecule has 6 nitrogen and oxygen atoms in total. The fourth-order valence-electron chi connectivity index (χ4n) is 3.67. The zero-order valence-electron chi connectivity index (χ0n) is 16.3. The highest BCUT2D eigenvalue weighted by Crippen LogP contribution is 2.31. The number of halogens is 1. The number of pyridine rings is 1. The largest absolute Gasteiger partial charge is 0.486 e. The Kier molecular flexibility index (Phi) is 5.88. The number of urea groups is 1. The van der Waals surface area contributed by atoms with E-state index in [4.69, 9.17) is 16.3 Å². The van der Waals surface area contributed by atoms with Gasteiger partial charge in [-0.05, 0) is 54.3 Å². The lowest BCUT2D eigenvalue weighted by molar-refractivity contribution is 0.169. The van der Waals surface area contributed by atoms with Crippen molar-refractivity contribution in [1.82, 2.24) is 10.3 Å². The van der Waals surface area contributed by atoms with Crippen LogP contribution in [0.1, 0.15) is 16.8 Å². The lowest BCUT2D eigenvalue weighted by Gasteiger charge is -2.28. The average Bonchev–Trinajstić information content (AvgIpc) is 3.12. The number of aromatic nitrogens is 1. The number of ether oxygens (including phenoxy) is 1. The number of aliphatic hydroxyl groups excluding tert-OH is 1. The van der Waals surface area contributed by atoms with Gasteiger partial charge in [-0.3, -0.25) is 4.98 Å². The Morgan fingerprint density at radius 3 is 2.47 bits per heavy atom. The number of anilines is 1. The summed E-state index contributed by atoms with van der Waals surface area (Å²) in [5.74, 6) is 0.506. The Morgan fingerprint density at radius 2 is 1.83 bits per heavy atom. The number of carbonyl (C=O) groups excluding carboxylic acids is 1. The Hall–Kier alpha value is -3.09. The number of rotatable bonds is 6. The third-order valence-electron chi connectivity index (χ3n) is 5.15. The minimum absolute atomic E-state index is 0.143. The molecule has 3 aromatic rings. The minimum atomic E-state index is -0.705. The summed E-state index contributed by atoms with van der Waals surface area (Å²) in [5.41, 5.74) is 2.91. The predicted octanol–water partition coefficient (Wildman–Crippen LogP) is 3.97. The SMILES string of the molecule is O=C(Nc1ccc(OCc2ccccn2)c(Cl)c1)NC1(CO)Cc2ccccc2C1. The van der Waals surface area contributed by atoms with E-state index in [-0.39, 0.29) is 6.61 Å². The molecule has 30 heavy (non-hydrogen) atoms. The van der Waals surface area contributed by atoms with Gasteiger partial charge in [-0.25, -0.2) is 4.79 Å². The number of aliphatic hydroxyl groups is 1. The summed E-state index contributed by atoms with van der Waals surface area (Å²) in [6.45, 7) is 0.156. The van der Waals surface area contributed by atoms with Gasteiger partial charge in [-0.1, -0.05) is 41.9 Å². The van der Waals surface area contributed by atoms with E-state index >= 15 is 0 Å². The molecule has 0 unspecified atom stereocenters. The summed E-state index contributed by atoms with van der Waals surface area (Å²) >= 11 is 6.31. The van der Waals surface area contributed by atoms with Crippen LogP contribution in [-0.2, 0) is 19.4 Å². The molecule has 0 aliphatic heterocycles. The summed E-state index contributed by atoms with van der Waals surface area (Å²) in [4.78, 5) is 16.8. The molecule has 0 saturated heterocycles. The quantitative estimate of drug-likeness (QED) is 0.560. The molecule has 4 rings (SSSR count). The second-order valence-electron chi connectivity index (χ2n) is 7.39. The first-order chi connectivity index (χ1) is 14.6. The standard InChI is InChI=1S/C23H22ClN3O3/c24-20-11-18(8-9-21(20)30-14-19-7-3-4-10-25-19)26-22(29)27-23(15-28)12-16-5-1-2-6-17(16)13-23/h1-11,28H,12-15H2,(H2,26,27,29). The summed E-state index contributed by atoms with van der Waals surface area (Å²) in [5, 5.41) is 16.1. The van der Waals surface area contributed by atoms with Crippen molar-refractivity contribution in [2.75, 3.05) is 11.9 Å². The van der Waals surface area contributed by atoms with E-state index in [0.717, 1.165) is 16.8 Å². The highest BCUT2D eigenvalue weighted by molar-refractivity contribution is 6.32. The van der Waals surface area contributed by atoms with E-state index in [0.29, 0.717) is 35.9 Å². The highest BCUT2D eigenvalue weighted by Gasteiger charge is 2.38. The van der Waals surface area contributed by atoms with Gasteiger partial charge in [0.1, 0.15) is 12.4 Å². The molecule has 1 aliphatic rings. The van der Waals surface area contributed by atoms with Crippen LogP contribution in [0.3, 0.4) is 0 Å². The molecule has 1 aliphatic carbocycles. The van der Waals surface area contributed by atoms with Crippen molar-refractivity contribution in [3.8, 4) is 5.75 Å². The summed E-state index contributed by atoms with van der Waals surface area (Å²) < 4.78 is 5.70. The van der Waals surface area contributed by atoms with Gasteiger partial charge < -0.3 is 20.5 Å². The molecule has 0 saturated carbocycles. The van der Waals surface area contributed by atoms with E-state index in [1.165, 1.54) is 0 Å². The Labute approximate surface area is 179 Å². The third-order valence-corrected chi connectivity index (χ3v) is 5.44. The van der Waals surface area contributed by atoms with Crippen molar-refractivity contribution in [1.29, 1.82) is 0 Å². The molecular weight excluding hydrogens is 402 g/mol.